The van der Waals surface area contributed by atoms with Crippen LogP contribution >= 0.6 is 22.9 Å². The normalized spacial score (nSPS) is 12.7. The van der Waals surface area contributed by atoms with Crippen molar-refractivity contribution in [3.63, 3.8) is 0 Å². The maximum absolute atomic E-state index is 13.1. The second-order valence-electron chi connectivity index (χ2n) is 7.81. The summed E-state index contributed by atoms with van der Waals surface area (Å²) in [5.41, 5.74) is 8.76. The van der Waals surface area contributed by atoms with Crippen molar-refractivity contribution in [2.45, 2.75) is 45.2 Å². The van der Waals surface area contributed by atoms with E-state index in [0.717, 1.165) is 26.7 Å². The molecule has 0 saturated carbocycles. The Hall–Kier alpha value is -2.74. The molecule has 2 atom stereocenters. The van der Waals surface area contributed by atoms with Gasteiger partial charge in [-0.3, -0.25) is 9.59 Å². The fraction of sp³-hybridized carbons (Fsp3) is 0.320. The van der Waals surface area contributed by atoms with Gasteiger partial charge < -0.3 is 16.4 Å². The lowest BCUT2D eigenvalue weighted by Crippen LogP contribution is -2.52. The van der Waals surface area contributed by atoms with E-state index in [9.17, 15) is 9.59 Å². The fourth-order valence-corrected chi connectivity index (χ4v) is 4.94. The van der Waals surface area contributed by atoms with Crippen molar-refractivity contribution in [3.8, 4) is 10.4 Å². The molecule has 6 nitrogen and oxygen atoms in total. The lowest BCUT2D eigenvalue weighted by atomic mass is 10.1. The highest BCUT2D eigenvalue weighted by atomic mass is 35.5. The molecule has 1 aromatic heterocycles. The van der Waals surface area contributed by atoms with Crippen molar-refractivity contribution in [2.75, 3.05) is 6.54 Å². The summed E-state index contributed by atoms with van der Waals surface area (Å²) in [6, 6.07) is 16.5. The molecule has 0 bridgehead atoms. The number of nitrogens with two attached hydrogens (primary N) is 1. The van der Waals surface area contributed by atoms with Gasteiger partial charge in [-0.15, -0.1) is 11.3 Å². The van der Waals surface area contributed by atoms with E-state index in [2.05, 4.69) is 15.6 Å². The van der Waals surface area contributed by atoms with Crippen molar-refractivity contribution >= 4 is 34.8 Å². The summed E-state index contributed by atoms with van der Waals surface area (Å²) >= 11 is 7.85. The van der Waals surface area contributed by atoms with Crippen molar-refractivity contribution < 1.29 is 9.59 Å². The predicted octanol–water partition coefficient (Wildman–Crippen LogP) is 3.90. The summed E-state index contributed by atoms with van der Waals surface area (Å²) in [5, 5.41) is 7.25. The number of halogens is 1. The molecule has 0 aliphatic heterocycles. The Labute approximate surface area is 203 Å². The zero-order valence-corrected chi connectivity index (χ0v) is 20.4. The topological polar surface area (TPSA) is 97.1 Å². The molecule has 2 amide bonds. The largest absolute Gasteiger partial charge is 0.350 e. The molecule has 2 aromatic carbocycles. The zero-order valence-electron chi connectivity index (χ0n) is 18.8. The molecule has 0 fully saturated rings. The Bertz CT molecular complexity index is 1090. The summed E-state index contributed by atoms with van der Waals surface area (Å²) in [4.78, 5) is 30.9. The van der Waals surface area contributed by atoms with Gasteiger partial charge in [0.15, 0.2) is 0 Å². The van der Waals surface area contributed by atoms with Crippen LogP contribution in [0, 0.1) is 6.92 Å². The number of nitrogens with one attached hydrogen (secondary N) is 2. The third-order valence-corrected chi connectivity index (χ3v) is 6.81. The summed E-state index contributed by atoms with van der Waals surface area (Å²) in [6.45, 7) is 3.97. The smallest absolute Gasteiger partial charge is 0.243 e. The highest BCUT2D eigenvalue weighted by Gasteiger charge is 2.25. The minimum absolute atomic E-state index is 0.192. The first kappa shape index (κ1) is 24.9. The van der Waals surface area contributed by atoms with Crippen LogP contribution in [-0.2, 0) is 22.4 Å². The van der Waals surface area contributed by atoms with Crippen LogP contribution < -0.4 is 16.4 Å². The number of hydrogen-bond donors (Lipinski definition) is 3. The van der Waals surface area contributed by atoms with Gasteiger partial charge in [-0.2, -0.15) is 0 Å². The van der Waals surface area contributed by atoms with Crippen molar-refractivity contribution in [1.82, 2.24) is 15.6 Å². The van der Waals surface area contributed by atoms with E-state index >= 15 is 0 Å². The number of rotatable bonds is 10. The molecule has 0 spiro atoms. The Kier molecular flexibility index (Phi) is 9.00. The Morgan fingerprint density at radius 1 is 1.06 bits per heavy atom. The molecule has 0 aliphatic rings. The highest BCUT2D eigenvalue weighted by Crippen LogP contribution is 2.35. The third-order valence-electron chi connectivity index (χ3n) is 5.27. The fourth-order valence-electron chi connectivity index (χ4n) is 3.51. The van der Waals surface area contributed by atoms with Crippen LogP contribution in [0.25, 0.3) is 10.4 Å². The number of thiazole rings is 1. The van der Waals surface area contributed by atoms with Gasteiger partial charge >= 0.3 is 0 Å². The van der Waals surface area contributed by atoms with E-state index in [-0.39, 0.29) is 30.7 Å². The molecule has 0 unspecified atom stereocenters. The van der Waals surface area contributed by atoms with Gasteiger partial charge in [0.2, 0.25) is 11.8 Å². The van der Waals surface area contributed by atoms with Crippen LogP contribution in [0.1, 0.15) is 29.6 Å². The molecular formula is C25H29ClN4O2S. The first-order chi connectivity index (χ1) is 15.9. The summed E-state index contributed by atoms with van der Waals surface area (Å²) < 4.78 is 0. The summed E-state index contributed by atoms with van der Waals surface area (Å²) in [5.74, 6) is -0.461. The van der Waals surface area contributed by atoms with E-state index in [1.807, 2.05) is 61.5 Å². The highest BCUT2D eigenvalue weighted by molar-refractivity contribution is 7.15. The molecule has 0 saturated heterocycles. The van der Waals surface area contributed by atoms with E-state index in [1.54, 1.807) is 6.92 Å². The van der Waals surface area contributed by atoms with Crippen LogP contribution in [-0.4, -0.2) is 35.4 Å². The molecule has 174 valence electrons. The van der Waals surface area contributed by atoms with Gasteiger partial charge in [-0.05, 0) is 25.0 Å². The monoisotopic (exact) mass is 484 g/mol. The molecule has 3 rings (SSSR count). The van der Waals surface area contributed by atoms with E-state index in [4.69, 9.17) is 17.3 Å². The van der Waals surface area contributed by atoms with Gasteiger partial charge in [-0.25, -0.2) is 4.98 Å². The van der Waals surface area contributed by atoms with Crippen LogP contribution in [0.4, 0.5) is 0 Å². The number of benzene rings is 2. The Morgan fingerprint density at radius 3 is 2.42 bits per heavy atom. The Balaban J connectivity index is 1.77. The van der Waals surface area contributed by atoms with Crippen LogP contribution in [0.5, 0.6) is 0 Å². The molecule has 0 aliphatic carbocycles. The zero-order chi connectivity index (χ0) is 23.8. The standard InChI is InChI=1S/C25H29ClN4O2S/c1-3-22(31)30-21(25(32)29-18(15-27)13-17-9-5-4-6-10-17)14-23-28-16(2)24(33-23)19-11-7-8-12-20(19)26/h4-12,18,21H,3,13-15,27H2,1-2H3,(H,29,32)(H,30,31)/t18-,21-/m0/s1. The summed E-state index contributed by atoms with van der Waals surface area (Å²) in [6.07, 6.45) is 1.19. The number of hydrogen-bond acceptors (Lipinski definition) is 5. The molecule has 3 aromatic rings. The number of carbonyl (C=O) groups excluding carboxylic acids is 2. The SMILES string of the molecule is CCC(=O)N[C@@H](Cc1nc(C)c(-c2ccccc2Cl)s1)C(=O)N[C@H](CN)Cc1ccccc1. The van der Waals surface area contributed by atoms with Gasteiger partial charge in [-0.1, -0.05) is 67.1 Å². The first-order valence-electron chi connectivity index (χ1n) is 11.0. The minimum Gasteiger partial charge on any atom is -0.350 e. The molecular weight excluding hydrogens is 456 g/mol. The van der Waals surface area contributed by atoms with Crippen LogP contribution in [0.2, 0.25) is 5.02 Å². The second-order valence-corrected chi connectivity index (χ2v) is 9.30. The van der Waals surface area contributed by atoms with E-state index in [1.165, 1.54) is 11.3 Å². The second kappa shape index (κ2) is 11.9. The van der Waals surface area contributed by atoms with Gasteiger partial charge in [0.25, 0.3) is 0 Å². The van der Waals surface area contributed by atoms with E-state index < -0.39 is 6.04 Å². The molecule has 4 N–H and O–H groups in total. The maximum atomic E-state index is 13.1. The van der Waals surface area contributed by atoms with E-state index in [0.29, 0.717) is 18.0 Å². The Morgan fingerprint density at radius 2 is 1.76 bits per heavy atom. The van der Waals surface area contributed by atoms with Crippen LogP contribution in [0.15, 0.2) is 54.6 Å². The summed E-state index contributed by atoms with van der Waals surface area (Å²) in [7, 11) is 0. The average Bonchev–Trinajstić information content (AvgIpc) is 3.18. The molecule has 0 radical (unpaired) electrons. The van der Waals surface area contributed by atoms with Crippen LogP contribution in [0.3, 0.4) is 0 Å². The quantitative estimate of drug-likeness (QED) is 0.406. The molecule has 33 heavy (non-hydrogen) atoms. The van der Waals surface area contributed by atoms with Gasteiger partial charge in [0, 0.05) is 36.0 Å². The van der Waals surface area contributed by atoms with Crippen molar-refractivity contribution in [2.24, 2.45) is 5.73 Å². The average molecular weight is 485 g/mol. The molecule has 8 heteroatoms. The number of aromatic nitrogens is 1. The first-order valence-corrected chi connectivity index (χ1v) is 12.2. The van der Waals surface area contributed by atoms with Crippen molar-refractivity contribution in [1.29, 1.82) is 0 Å². The lowest BCUT2D eigenvalue weighted by molar-refractivity contribution is -0.129. The lowest BCUT2D eigenvalue weighted by Gasteiger charge is -2.22. The minimum atomic E-state index is -0.744. The number of amides is 2. The number of nitrogens with zero attached hydrogens (tertiary/aromatic N) is 1. The van der Waals surface area contributed by atoms with Gasteiger partial charge in [0.1, 0.15) is 6.04 Å². The number of carbonyl (C=O) groups is 2. The van der Waals surface area contributed by atoms with Gasteiger partial charge in [0.05, 0.1) is 15.6 Å². The maximum Gasteiger partial charge on any atom is 0.243 e. The number of aryl methyl sites for hydroxylation is 1. The third kappa shape index (κ3) is 6.87. The predicted molar refractivity (Wildman–Crippen MR) is 134 cm³/mol. The molecule has 1 heterocycles. The van der Waals surface area contributed by atoms with Crippen molar-refractivity contribution in [3.05, 3.63) is 75.9 Å².